The number of carbonyl (C=O) groups is 1. The van der Waals surface area contributed by atoms with Crippen LogP contribution in [0.15, 0.2) is 30.9 Å². The minimum atomic E-state index is -0.520. The Hall–Kier alpha value is -2.57. The van der Waals surface area contributed by atoms with Gasteiger partial charge in [0.2, 0.25) is 5.82 Å². The summed E-state index contributed by atoms with van der Waals surface area (Å²) >= 11 is 0. The van der Waals surface area contributed by atoms with Gasteiger partial charge < -0.3 is 9.64 Å². The summed E-state index contributed by atoms with van der Waals surface area (Å²) in [6.07, 6.45) is 5.31. The second-order valence-corrected chi connectivity index (χ2v) is 5.31. The van der Waals surface area contributed by atoms with E-state index in [0.29, 0.717) is 37.2 Å². The van der Waals surface area contributed by atoms with Gasteiger partial charge in [-0.05, 0) is 18.6 Å². The zero-order chi connectivity index (χ0) is 16.2. The third-order valence-corrected chi connectivity index (χ3v) is 3.80. The van der Waals surface area contributed by atoms with Crippen LogP contribution in [-0.4, -0.2) is 45.0 Å². The Morgan fingerprint density at radius 2 is 2.17 bits per heavy atom. The average Bonchev–Trinajstić information content (AvgIpc) is 3.05. The summed E-state index contributed by atoms with van der Waals surface area (Å²) in [7, 11) is 0. The molecule has 120 valence electrons. The summed E-state index contributed by atoms with van der Waals surface area (Å²) in [4.78, 5) is 25.7. The third-order valence-electron chi connectivity index (χ3n) is 3.80. The number of amides is 1. The molecule has 6 nitrogen and oxygen atoms in total. The zero-order valence-electron chi connectivity index (χ0n) is 12.8. The lowest BCUT2D eigenvalue weighted by Crippen LogP contribution is -2.31. The van der Waals surface area contributed by atoms with Crippen LogP contribution in [0.5, 0.6) is 5.88 Å². The van der Waals surface area contributed by atoms with Gasteiger partial charge in [-0.1, -0.05) is 6.92 Å². The Bertz CT molecular complexity index is 696. The van der Waals surface area contributed by atoms with Crippen molar-refractivity contribution in [3.8, 4) is 5.88 Å². The van der Waals surface area contributed by atoms with Gasteiger partial charge in [-0.15, -0.1) is 0 Å². The van der Waals surface area contributed by atoms with Gasteiger partial charge in [0, 0.05) is 30.9 Å². The molecule has 2 aromatic heterocycles. The fourth-order valence-electron chi connectivity index (χ4n) is 2.56. The van der Waals surface area contributed by atoms with E-state index in [1.807, 2.05) is 6.92 Å². The molecular formula is C16H17FN4O2. The number of hydrogen-bond donors (Lipinski definition) is 0. The minimum Gasteiger partial charge on any atom is -0.470 e. The Labute approximate surface area is 133 Å². The molecule has 1 atom stereocenters. The summed E-state index contributed by atoms with van der Waals surface area (Å²) in [6.45, 7) is 2.80. The van der Waals surface area contributed by atoms with Gasteiger partial charge in [0.1, 0.15) is 12.4 Å². The van der Waals surface area contributed by atoms with E-state index in [4.69, 9.17) is 4.74 Å². The number of rotatable bonds is 4. The molecule has 23 heavy (non-hydrogen) atoms. The smallest absolute Gasteiger partial charge is 0.254 e. The van der Waals surface area contributed by atoms with Crippen molar-refractivity contribution in [3.05, 3.63) is 47.9 Å². The van der Waals surface area contributed by atoms with Crippen molar-refractivity contribution in [1.82, 2.24) is 19.9 Å². The number of ether oxygens (including phenoxy) is 1. The molecule has 0 N–H and O–H groups in total. The normalized spacial score (nSPS) is 17.3. The Balaban J connectivity index is 1.66. The van der Waals surface area contributed by atoms with E-state index in [9.17, 15) is 9.18 Å². The fourth-order valence-corrected chi connectivity index (χ4v) is 2.56. The monoisotopic (exact) mass is 316 g/mol. The van der Waals surface area contributed by atoms with E-state index in [2.05, 4.69) is 15.0 Å². The number of likely N-dealkylation sites (tertiary alicyclic amines) is 1. The van der Waals surface area contributed by atoms with Crippen LogP contribution >= 0.6 is 0 Å². The molecule has 0 radical (unpaired) electrons. The molecular weight excluding hydrogens is 299 g/mol. The summed E-state index contributed by atoms with van der Waals surface area (Å²) in [5.74, 6) is -0.634. The van der Waals surface area contributed by atoms with Gasteiger partial charge in [0.15, 0.2) is 0 Å². The van der Waals surface area contributed by atoms with Crippen molar-refractivity contribution < 1.29 is 13.9 Å². The molecule has 1 fully saturated rings. The van der Waals surface area contributed by atoms with Crippen molar-refractivity contribution in [2.75, 3.05) is 13.1 Å². The molecule has 3 rings (SSSR count). The molecule has 0 saturated carbocycles. The highest BCUT2D eigenvalue weighted by molar-refractivity contribution is 5.94. The molecule has 0 aromatic carbocycles. The Morgan fingerprint density at radius 3 is 2.91 bits per heavy atom. The molecule has 2 aromatic rings. The van der Waals surface area contributed by atoms with Crippen LogP contribution in [0.4, 0.5) is 4.39 Å². The standard InChI is InChI=1S/C16H17FN4O2/c1-2-13-14(17)15(20-10-19-13)23-12-5-8-21(9-12)16(22)11-3-6-18-7-4-11/h3-4,6-7,10,12H,2,5,8-9H2,1H3. The summed E-state index contributed by atoms with van der Waals surface area (Å²) in [5.41, 5.74) is 0.917. The summed E-state index contributed by atoms with van der Waals surface area (Å²) < 4.78 is 19.7. The number of aromatic nitrogens is 3. The van der Waals surface area contributed by atoms with Crippen LogP contribution in [0.25, 0.3) is 0 Å². The lowest BCUT2D eigenvalue weighted by atomic mass is 10.2. The summed E-state index contributed by atoms with van der Waals surface area (Å²) in [6, 6.07) is 3.35. The summed E-state index contributed by atoms with van der Waals surface area (Å²) in [5, 5.41) is 0. The number of hydrogen-bond acceptors (Lipinski definition) is 5. The molecule has 3 heterocycles. The van der Waals surface area contributed by atoms with Crippen LogP contribution in [0.3, 0.4) is 0 Å². The van der Waals surface area contributed by atoms with Gasteiger partial charge in [0.05, 0.1) is 12.2 Å². The first kappa shape index (κ1) is 15.3. The first-order valence-corrected chi connectivity index (χ1v) is 7.54. The molecule has 1 unspecified atom stereocenters. The largest absolute Gasteiger partial charge is 0.470 e. The van der Waals surface area contributed by atoms with Gasteiger partial charge in [-0.2, -0.15) is 9.37 Å². The predicted octanol–water partition coefficient (Wildman–Crippen LogP) is 1.87. The van der Waals surface area contributed by atoms with Crippen molar-refractivity contribution in [2.45, 2.75) is 25.9 Å². The number of halogens is 1. The topological polar surface area (TPSA) is 68.2 Å². The van der Waals surface area contributed by atoms with E-state index in [0.717, 1.165) is 0 Å². The van der Waals surface area contributed by atoms with Crippen molar-refractivity contribution in [3.63, 3.8) is 0 Å². The van der Waals surface area contributed by atoms with Gasteiger partial charge >= 0.3 is 0 Å². The fraction of sp³-hybridized carbons (Fsp3) is 0.375. The SMILES string of the molecule is CCc1ncnc(OC2CCN(C(=O)c3ccncc3)C2)c1F. The van der Waals surface area contributed by atoms with Gasteiger partial charge in [-0.25, -0.2) is 4.98 Å². The van der Waals surface area contributed by atoms with E-state index >= 15 is 0 Å². The number of aryl methyl sites for hydroxylation is 1. The zero-order valence-corrected chi connectivity index (χ0v) is 12.8. The van der Waals surface area contributed by atoms with Crippen LogP contribution < -0.4 is 4.74 Å². The molecule has 1 saturated heterocycles. The second-order valence-electron chi connectivity index (χ2n) is 5.31. The maximum absolute atomic E-state index is 14.1. The van der Waals surface area contributed by atoms with Gasteiger partial charge in [-0.3, -0.25) is 9.78 Å². The van der Waals surface area contributed by atoms with Crippen LogP contribution in [0.1, 0.15) is 29.4 Å². The number of carbonyl (C=O) groups excluding carboxylic acids is 1. The molecule has 0 aliphatic carbocycles. The van der Waals surface area contributed by atoms with Crippen molar-refractivity contribution in [1.29, 1.82) is 0 Å². The van der Waals surface area contributed by atoms with Gasteiger partial charge in [0.25, 0.3) is 11.8 Å². The molecule has 0 spiro atoms. The van der Waals surface area contributed by atoms with Crippen molar-refractivity contribution in [2.24, 2.45) is 0 Å². The van der Waals surface area contributed by atoms with Crippen molar-refractivity contribution >= 4 is 5.91 Å². The average molecular weight is 316 g/mol. The second kappa shape index (κ2) is 6.68. The lowest BCUT2D eigenvalue weighted by molar-refractivity contribution is 0.0770. The maximum atomic E-state index is 14.1. The molecule has 0 bridgehead atoms. The highest BCUT2D eigenvalue weighted by atomic mass is 19.1. The molecule has 1 aliphatic heterocycles. The van der Waals surface area contributed by atoms with Crippen LogP contribution in [0, 0.1) is 5.82 Å². The molecule has 1 aliphatic rings. The first-order valence-electron chi connectivity index (χ1n) is 7.54. The first-order chi connectivity index (χ1) is 11.2. The minimum absolute atomic E-state index is 0.0416. The Kier molecular flexibility index (Phi) is 4.45. The van der Waals surface area contributed by atoms with Crippen LogP contribution in [0.2, 0.25) is 0 Å². The molecule has 1 amide bonds. The van der Waals surface area contributed by atoms with E-state index in [1.165, 1.54) is 6.33 Å². The Morgan fingerprint density at radius 1 is 1.39 bits per heavy atom. The maximum Gasteiger partial charge on any atom is 0.254 e. The number of pyridine rings is 1. The highest BCUT2D eigenvalue weighted by Crippen LogP contribution is 2.21. The third kappa shape index (κ3) is 3.28. The van der Waals surface area contributed by atoms with E-state index in [-0.39, 0.29) is 17.9 Å². The predicted molar refractivity (Wildman–Crippen MR) is 80.5 cm³/mol. The van der Waals surface area contributed by atoms with E-state index < -0.39 is 5.82 Å². The highest BCUT2D eigenvalue weighted by Gasteiger charge is 2.29. The van der Waals surface area contributed by atoms with Crippen LogP contribution in [-0.2, 0) is 6.42 Å². The number of nitrogens with zero attached hydrogens (tertiary/aromatic N) is 4. The molecule has 7 heteroatoms. The quantitative estimate of drug-likeness (QED) is 0.861. The van der Waals surface area contributed by atoms with E-state index in [1.54, 1.807) is 29.4 Å². The lowest BCUT2D eigenvalue weighted by Gasteiger charge is -2.17.